The third-order valence-corrected chi connectivity index (χ3v) is 3.23. The number of benzene rings is 1. The van der Waals surface area contributed by atoms with Crippen LogP contribution in [0.5, 0.6) is 0 Å². The Bertz CT molecular complexity index is 398. The molecule has 3 N–H and O–H groups in total. The smallest absolute Gasteiger partial charge is 0.253 e. The van der Waals surface area contributed by atoms with Gasteiger partial charge in [-0.3, -0.25) is 4.79 Å². The summed E-state index contributed by atoms with van der Waals surface area (Å²) in [4.78, 5) is 11.9. The molecule has 0 aliphatic rings. The van der Waals surface area contributed by atoms with E-state index in [-0.39, 0.29) is 23.2 Å². The van der Waals surface area contributed by atoms with Crippen LogP contribution in [-0.2, 0) is 0 Å². The lowest BCUT2D eigenvalue weighted by Crippen LogP contribution is -2.36. The minimum Gasteiger partial charge on any atom is -0.396 e. The van der Waals surface area contributed by atoms with E-state index in [0.717, 1.165) is 12.2 Å². The van der Waals surface area contributed by atoms with E-state index >= 15 is 0 Å². The Balaban J connectivity index is 2.79. The molecule has 0 aliphatic carbocycles. The zero-order chi connectivity index (χ0) is 12.8. The van der Waals surface area contributed by atoms with E-state index in [9.17, 15) is 9.18 Å². The first-order chi connectivity index (χ1) is 8.10. The summed E-state index contributed by atoms with van der Waals surface area (Å²) in [6.45, 7) is 2.00. The average molecular weight is 256 g/mol. The van der Waals surface area contributed by atoms with Crippen molar-refractivity contribution in [3.05, 3.63) is 29.6 Å². The molecule has 1 aromatic carbocycles. The number of hydrogen-bond donors (Lipinski definition) is 2. The van der Waals surface area contributed by atoms with Gasteiger partial charge in [-0.2, -0.15) is 11.8 Å². The van der Waals surface area contributed by atoms with Gasteiger partial charge >= 0.3 is 0 Å². The van der Waals surface area contributed by atoms with E-state index in [1.807, 2.05) is 13.2 Å². The van der Waals surface area contributed by atoms with E-state index in [4.69, 9.17) is 5.73 Å². The highest BCUT2D eigenvalue weighted by Crippen LogP contribution is 2.16. The molecule has 0 spiro atoms. The molecule has 0 aromatic heterocycles. The predicted octanol–water partition coefficient (Wildman–Crippen LogP) is 2.28. The van der Waals surface area contributed by atoms with Crippen LogP contribution in [0, 0.1) is 5.82 Å². The summed E-state index contributed by atoms with van der Waals surface area (Å²) in [7, 11) is 0. The largest absolute Gasteiger partial charge is 0.396 e. The Morgan fingerprint density at radius 2 is 2.29 bits per heavy atom. The van der Waals surface area contributed by atoms with Gasteiger partial charge < -0.3 is 11.1 Å². The monoisotopic (exact) mass is 256 g/mol. The highest BCUT2D eigenvalue weighted by atomic mass is 32.2. The van der Waals surface area contributed by atoms with Crippen molar-refractivity contribution in [2.45, 2.75) is 19.4 Å². The summed E-state index contributed by atoms with van der Waals surface area (Å²) in [5, 5.41) is 2.85. The average Bonchev–Trinajstić information content (AvgIpc) is 2.31. The molecule has 0 heterocycles. The second kappa shape index (κ2) is 6.49. The quantitative estimate of drug-likeness (QED) is 0.795. The standard InChI is InChI=1S/C12H17FN2OS/c1-3-8(7-17-2)15-12(16)9-5-4-6-10(13)11(9)14/h4-6,8H,3,7,14H2,1-2H3,(H,15,16). The van der Waals surface area contributed by atoms with Gasteiger partial charge in [-0.15, -0.1) is 0 Å². The van der Waals surface area contributed by atoms with E-state index in [1.165, 1.54) is 18.2 Å². The van der Waals surface area contributed by atoms with Crippen LogP contribution >= 0.6 is 11.8 Å². The number of nitrogen functional groups attached to an aromatic ring is 1. The summed E-state index contributed by atoms with van der Waals surface area (Å²) >= 11 is 1.66. The maximum Gasteiger partial charge on any atom is 0.253 e. The van der Waals surface area contributed by atoms with Gasteiger partial charge in [0.2, 0.25) is 0 Å². The number of para-hydroxylation sites is 1. The van der Waals surface area contributed by atoms with Crippen LogP contribution in [0.4, 0.5) is 10.1 Å². The van der Waals surface area contributed by atoms with Crippen LogP contribution < -0.4 is 11.1 Å². The Morgan fingerprint density at radius 3 is 2.88 bits per heavy atom. The fourth-order valence-corrected chi connectivity index (χ4v) is 2.18. The lowest BCUT2D eigenvalue weighted by atomic mass is 10.1. The summed E-state index contributed by atoms with van der Waals surface area (Å²) in [6.07, 6.45) is 2.81. The number of thioether (sulfide) groups is 1. The van der Waals surface area contributed by atoms with E-state index in [0.29, 0.717) is 0 Å². The van der Waals surface area contributed by atoms with Gasteiger partial charge in [0.05, 0.1) is 11.3 Å². The van der Waals surface area contributed by atoms with Crippen molar-refractivity contribution in [2.24, 2.45) is 0 Å². The third-order valence-electron chi connectivity index (χ3n) is 2.49. The number of nitrogens with two attached hydrogens (primary N) is 1. The van der Waals surface area contributed by atoms with Gasteiger partial charge in [0.25, 0.3) is 5.91 Å². The maximum atomic E-state index is 13.2. The molecule has 1 rings (SSSR count). The molecule has 5 heteroatoms. The van der Waals surface area contributed by atoms with Crippen LogP contribution in [0.2, 0.25) is 0 Å². The van der Waals surface area contributed by atoms with Crippen molar-refractivity contribution >= 4 is 23.4 Å². The molecular formula is C12H17FN2OS. The number of halogens is 1. The number of hydrogen-bond acceptors (Lipinski definition) is 3. The minimum atomic E-state index is -0.560. The zero-order valence-corrected chi connectivity index (χ0v) is 10.8. The molecule has 0 radical (unpaired) electrons. The first kappa shape index (κ1) is 13.8. The fourth-order valence-electron chi connectivity index (χ4n) is 1.46. The van der Waals surface area contributed by atoms with Gasteiger partial charge in [-0.05, 0) is 24.8 Å². The van der Waals surface area contributed by atoms with E-state index < -0.39 is 5.82 Å². The second-order valence-corrected chi connectivity index (χ2v) is 4.65. The molecule has 1 amide bonds. The molecular weight excluding hydrogens is 239 g/mol. The number of carbonyl (C=O) groups excluding carboxylic acids is 1. The van der Waals surface area contributed by atoms with Gasteiger partial charge in [-0.25, -0.2) is 4.39 Å². The Labute approximate surface area is 105 Å². The third kappa shape index (κ3) is 3.63. The SMILES string of the molecule is CCC(CSC)NC(=O)c1cccc(F)c1N. The normalized spacial score (nSPS) is 12.2. The van der Waals surface area contributed by atoms with Crippen molar-refractivity contribution in [1.29, 1.82) is 0 Å². The zero-order valence-electron chi connectivity index (χ0n) is 10.00. The van der Waals surface area contributed by atoms with E-state index in [1.54, 1.807) is 11.8 Å². The van der Waals surface area contributed by atoms with Crippen molar-refractivity contribution < 1.29 is 9.18 Å². The maximum absolute atomic E-state index is 13.2. The molecule has 1 aromatic rings. The summed E-state index contributed by atoms with van der Waals surface area (Å²) in [6, 6.07) is 4.33. The Morgan fingerprint density at radius 1 is 1.59 bits per heavy atom. The molecule has 0 fully saturated rings. The van der Waals surface area contributed by atoms with Crippen molar-refractivity contribution in [1.82, 2.24) is 5.32 Å². The molecule has 3 nitrogen and oxygen atoms in total. The van der Waals surface area contributed by atoms with Gasteiger partial charge in [0.15, 0.2) is 0 Å². The van der Waals surface area contributed by atoms with Crippen LogP contribution in [0.3, 0.4) is 0 Å². The van der Waals surface area contributed by atoms with Crippen molar-refractivity contribution in [2.75, 3.05) is 17.7 Å². The molecule has 94 valence electrons. The Hall–Kier alpha value is -1.23. The molecule has 17 heavy (non-hydrogen) atoms. The topological polar surface area (TPSA) is 55.1 Å². The highest BCUT2D eigenvalue weighted by Gasteiger charge is 2.15. The van der Waals surface area contributed by atoms with Gasteiger partial charge in [0.1, 0.15) is 5.82 Å². The number of anilines is 1. The van der Waals surface area contributed by atoms with Crippen molar-refractivity contribution in [3.8, 4) is 0 Å². The summed E-state index contributed by atoms with van der Waals surface area (Å²) < 4.78 is 13.2. The molecule has 0 saturated carbocycles. The van der Waals surface area contributed by atoms with Crippen LogP contribution in [0.25, 0.3) is 0 Å². The molecule has 0 bridgehead atoms. The second-order valence-electron chi connectivity index (χ2n) is 3.74. The molecule has 0 saturated heterocycles. The molecule has 0 aliphatic heterocycles. The number of carbonyl (C=O) groups is 1. The van der Waals surface area contributed by atoms with Crippen molar-refractivity contribution in [3.63, 3.8) is 0 Å². The summed E-state index contributed by atoms with van der Waals surface area (Å²) in [5.74, 6) is -0.0456. The number of rotatable bonds is 5. The van der Waals surface area contributed by atoms with E-state index in [2.05, 4.69) is 5.32 Å². The van der Waals surface area contributed by atoms with Crippen LogP contribution in [0.15, 0.2) is 18.2 Å². The first-order valence-corrected chi connectivity index (χ1v) is 6.83. The van der Waals surface area contributed by atoms with Crippen LogP contribution in [-0.4, -0.2) is 24.0 Å². The Kier molecular flexibility index (Phi) is 5.28. The minimum absolute atomic E-state index is 0.0835. The molecule has 1 unspecified atom stereocenters. The summed E-state index contributed by atoms with van der Waals surface area (Å²) in [5.41, 5.74) is 5.64. The van der Waals surface area contributed by atoms with Gasteiger partial charge in [-0.1, -0.05) is 13.0 Å². The fraction of sp³-hybridized carbons (Fsp3) is 0.417. The number of amides is 1. The number of nitrogens with one attached hydrogen (secondary N) is 1. The molecule has 1 atom stereocenters. The van der Waals surface area contributed by atoms with Crippen LogP contribution in [0.1, 0.15) is 23.7 Å². The first-order valence-electron chi connectivity index (χ1n) is 5.44. The van der Waals surface area contributed by atoms with Gasteiger partial charge in [0, 0.05) is 11.8 Å². The lowest BCUT2D eigenvalue weighted by molar-refractivity contribution is 0.0940. The lowest BCUT2D eigenvalue weighted by Gasteiger charge is -2.16. The predicted molar refractivity (Wildman–Crippen MR) is 70.7 cm³/mol. The highest BCUT2D eigenvalue weighted by molar-refractivity contribution is 7.98.